The fraction of sp³-hybridized carbons (Fsp3) is 0.130. The zero-order chi connectivity index (χ0) is 20.1. The predicted octanol–water partition coefficient (Wildman–Crippen LogP) is 5.15. The maximum Gasteiger partial charge on any atom is 0.163 e. The van der Waals surface area contributed by atoms with Crippen molar-refractivity contribution in [1.29, 1.82) is 5.26 Å². The topological polar surface area (TPSA) is 79.5 Å². The number of phenols is 1. The van der Waals surface area contributed by atoms with Crippen molar-refractivity contribution in [3.05, 3.63) is 82.9 Å². The number of hydrogen-bond acceptors (Lipinski definition) is 5. The van der Waals surface area contributed by atoms with E-state index in [0.29, 0.717) is 35.0 Å². The smallest absolute Gasteiger partial charge is 0.163 e. The molecule has 0 bridgehead atoms. The van der Waals surface area contributed by atoms with Gasteiger partial charge in [0.25, 0.3) is 0 Å². The first-order chi connectivity index (χ1) is 13.5. The highest BCUT2D eigenvalue weighted by molar-refractivity contribution is 5.97. The fourth-order valence-electron chi connectivity index (χ4n) is 2.70. The lowest BCUT2D eigenvalue weighted by Gasteiger charge is -2.12. The van der Waals surface area contributed by atoms with E-state index in [0.717, 1.165) is 5.56 Å². The van der Waals surface area contributed by atoms with E-state index in [1.165, 1.54) is 6.92 Å². The summed E-state index contributed by atoms with van der Waals surface area (Å²) in [6.07, 6.45) is 0. The van der Waals surface area contributed by atoms with Crippen LogP contribution in [0.5, 0.6) is 23.0 Å². The summed E-state index contributed by atoms with van der Waals surface area (Å²) in [5, 5.41) is 19.1. The second-order valence-corrected chi connectivity index (χ2v) is 6.32. The van der Waals surface area contributed by atoms with Crippen LogP contribution in [0.15, 0.2) is 60.7 Å². The molecule has 0 aliphatic heterocycles. The summed E-state index contributed by atoms with van der Waals surface area (Å²) in [5.41, 5.74) is 2.28. The number of Topliss-reactive ketones (excluding diaryl/α,β-unsaturated/α-hetero) is 1. The van der Waals surface area contributed by atoms with Crippen molar-refractivity contribution in [3.63, 3.8) is 0 Å². The van der Waals surface area contributed by atoms with Crippen LogP contribution in [-0.2, 0) is 6.61 Å². The number of nitriles is 1. The van der Waals surface area contributed by atoms with E-state index >= 15 is 0 Å². The molecule has 0 spiro atoms. The summed E-state index contributed by atoms with van der Waals surface area (Å²) >= 11 is 0. The molecule has 3 aromatic rings. The number of hydrogen-bond donors (Lipinski definition) is 1. The van der Waals surface area contributed by atoms with Crippen LogP contribution in [0.1, 0.15) is 34.0 Å². The van der Waals surface area contributed by atoms with E-state index < -0.39 is 0 Å². The number of carbonyl (C=O) groups is 1. The van der Waals surface area contributed by atoms with Crippen LogP contribution in [0.25, 0.3) is 0 Å². The van der Waals surface area contributed by atoms with Gasteiger partial charge in [0, 0.05) is 5.56 Å². The Labute approximate surface area is 163 Å². The van der Waals surface area contributed by atoms with Gasteiger partial charge in [0.1, 0.15) is 29.6 Å². The second-order valence-electron chi connectivity index (χ2n) is 6.32. The molecular formula is C23H19NO4. The zero-order valence-electron chi connectivity index (χ0n) is 15.6. The Morgan fingerprint density at radius 1 is 1.07 bits per heavy atom. The van der Waals surface area contributed by atoms with E-state index in [-0.39, 0.29) is 17.1 Å². The van der Waals surface area contributed by atoms with Gasteiger partial charge >= 0.3 is 0 Å². The molecule has 0 saturated heterocycles. The minimum atomic E-state index is -0.192. The highest BCUT2D eigenvalue weighted by Gasteiger charge is 2.13. The molecule has 0 atom stereocenters. The number of phenolic OH excluding ortho intramolecular Hbond substituents is 1. The quantitative estimate of drug-likeness (QED) is 0.605. The molecule has 0 unspecified atom stereocenters. The van der Waals surface area contributed by atoms with E-state index in [2.05, 4.69) is 6.07 Å². The monoisotopic (exact) mass is 373 g/mol. The minimum absolute atomic E-state index is 0.0478. The number of nitrogens with zero attached hydrogens (tertiary/aromatic N) is 1. The summed E-state index contributed by atoms with van der Waals surface area (Å²) in [5.74, 6) is 1.53. The number of ether oxygens (including phenoxy) is 2. The van der Waals surface area contributed by atoms with Gasteiger partial charge in [-0.05, 0) is 61.9 Å². The third-order valence-electron chi connectivity index (χ3n) is 4.28. The van der Waals surface area contributed by atoms with Crippen LogP contribution >= 0.6 is 0 Å². The van der Waals surface area contributed by atoms with Crippen molar-refractivity contribution in [1.82, 2.24) is 0 Å². The van der Waals surface area contributed by atoms with Crippen molar-refractivity contribution in [2.75, 3.05) is 0 Å². The van der Waals surface area contributed by atoms with Gasteiger partial charge in [-0.2, -0.15) is 5.26 Å². The van der Waals surface area contributed by atoms with Crippen LogP contribution in [0.3, 0.4) is 0 Å². The molecule has 3 rings (SSSR count). The molecule has 0 fully saturated rings. The Morgan fingerprint density at radius 2 is 1.82 bits per heavy atom. The summed E-state index contributed by atoms with van der Waals surface area (Å²) in [6, 6.07) is 19.7. The first-order valence-electron chi connectivity index (χ1n) is 8.71. The van der Waals surface area contributed by atoms with Gasteiger partial charge in [-0.1, -0.05) is 18.2 Å². The van der Waals surface area contributed by atoms with Crippen molar-refractivity contribution in [2.45, 2.75) is 20.5 Å². The van der Waals surface area contributed by atoms with Gasteiger partial charge in [0.05, 0.1) is 17.2 Å². The summed E-state index contributed by atoms with van der Waals surface area (Å²) in [7, 11) is 0. The third kappa shape index (κ3) is 4.30. The molecule has 0 aromatic heterocycles. The SMILES string of the molecule is CC(=O)c1ccc(OCc2ccc(Oc3cccc(C#N)c3)cc2)c(C)c1O. The number of carbonyl (C=O) groups excluding carboxylic acids is 1. The first kappa shape index (κ1) is 19.0. The largest absolute Gasteiger partial charge is 0.507 e. The molecule has 0 radical (unpaired) electrons. The van der Waals surface area contributed by atoms with Crippen LogP contribution in [-0.4, -0.2) is 10.9 Å². The van der Waals surface area contributed by atoms with Crippen LogP contribution in [0, 0.1) is 18.3 Å². The predicted molar refractivity (Wildman–Crippen MR) is 105 cm³/mol. The summed E-state index contributed by atoms with van der Waals surface area (Å²) in [4.78, 5) is 11.5. The second kappa shape index (κ2) is 8.28. The molecular weight excluding hydrogens is 354 g/mol. The van der Waals surface area contributed by atoms with E-state index in [9.17, 15) is 9.90 Å². The third-order valence-corrected chi connectivity index (χ3v) is 4.28. The molecule has 0 saturated carbocycles. The molecule has 0 amide bonds. The number of ketones is 1. The van der Waals surface area contributed by atoms with Gasteiger partial charge < -0.3 is 14.6 Å². The highest BCUT2D eigenvalue weighted by atomic mass is 16.5. The van der Waals surface area contributed by atoms with Gasteiger partial charge in [0.15, 0.2) is 5.78 Å². The molecule has 3 aromatic carbocycles. The highest BCUT2D eigenvalue weighted by Crippen LogP contribution is 2.31. The molecule has 0 aliphatic rings. The zero-order valence-corrected chi connectivity index (χ0v) is 15.6. The minimum Gasteiger partial charge on any atom is -0.507 e. The Morgan fingerprint density at radius 3 is 2.50 bits per heavy atom. The lowest BCUT2D eigenvalue weighted by molar-refractivity contribution is 0.101. The van der Waals surface area contributed by atoms with Gasteiger partial charge in [-0.3, -0.25) is 4.79 Å². The average Bonchev–Trinajstić information content (AvgIpc) is 2.70. The van der Waals surface area contributed by atoms with Crippen molar-refractivity contribution in [2.24, 2.45) is 0 Å². The number of rotatable bonds is 6. The maximum atomic E-state index is 11.5. The molecule has 1 N–H and O–H groups in total. The molecule has 140 valence electrons. The average molecular weight is 373 g/mol. The van der Waals surface area contributed by atoms with Crippen molar-refractivity contribution >= 4 is 5.78 Å². The lowest BCUT2D eigenvalue weighted by atomic mass is 10.1. The van der Waals surface area contributed by atoms with Gasteiger partial charge in [-0.15, -0.1) is 0 Å². The summed E-state index contributed by atoms with van der Waals surface area (Å²) < 4.78 is 11.5. The molecule has 28 heavy (non-hydrogen) atoms. The van der Waals surface area contributed by atoms with Crippen LogP contribution < -0.4 is 9.47 Å². The number of benzene rings is 3. The summed E-state index contributed by atoms with van der Waals surface area (Å²) in [6.45, 7) is 3.43. The Kier molecular flexibility index (Phi) is 5.61. The normalized spacial score (nSPS) is 10.2. The first-order valence-corrected chi connectivity index (χ1v) is 8.71. The van der Waals surface area contributed by atoms with Gasteiger partial charge in [-0.25, -0.2) is 0 Å². The Bertz CT molecular complexity index is 1050. The van der Waals surface area contributed by atoms with Gasteiger partial charge in [0.2, 0.25) is 0 Å². The van der Waals surface area contributed by atoms with E-state index in [1.54, 1.807) is 43.3 Å². The van der Waals surface area contributed by atoms with Crippen LogP contribution in [0.4, 0.5) is 0 Å². The van der Waals surface area contributed by atoms with E-state index in [1.807, 2.05) is 24.3 Å². The molecule has 5 heteroatoms. The number of aromatic hydroxyl groups is 1. The maximum absolute atomic E-state index is 11.5. The molecule has 5 nitrogen and oxygen atoms in total. The Hall–Kier alpha value is -3.78. The lowest BCUT2D eigenvalue weighted by Crippen LogP contribution is -2.00. The van der Waals surface area contributed by atoms with Crippen molar-refractivity contribution < 1.29 is 19.4 Å². The molecule has 0 aliphatic carbocycles. The standard InChI is InChI=1S/C23H19NO4/c1-15-22(11-10-21(16(2)25)23(15)26)27-14-17-6-8-19(9-7-17)28-20-5-3-4-18(12-20)13-24/h3-12,26H,14H2,1-2H3. The van der Waals surface area contributed by atoms with Crippen LogP contribution in [0.2, 0.25) is 0 Å². The fourth-order valence-corrected chi connectivity index (χ4v) is 2.70. The Balaban J connectivity index is 1.66. The molecule has 0 heterocycles. The van der Waals surface area contributed by atoms with E-state index in [4.69, 9.17) is 14.7 Å². The van der Waals surface area contributed by atoms with Crippen molar-refractivity contribution in [3.8, 4) is 29.1 Å².